The fourth-order valence-electron chi connectivity index (χ4n) is 6.81. The molecule has 0 saturated carbocycles. The maximum absolute atomic E-state index is 12.7. The van der Waals surface area contributed by atoms with Crippen molar-refractivity contribution in [1.82, 2.24) is 4.90 Å². The smallest absolute Gasteiger partial charge is 0.151 e. The van der Waals surface area contributed by atoms with Gasteiger partial charge in [0, 0.05) is 25.9 Å². The molecule has 45 heavy (non-hydrogen) atoms. The average molecular weight is 655 g/mol. The molecule has 0 bridgehead atoms. The van der Waals surface area contributed by atoms with E-state index in [-0.39, 0.29) is 24.2 Å². The maximum Gasteiger partial charge on any atom is 0.151 e. The van der Waals surface area contributed by atoms with Gasteiger partial charge in [0.1, 0.15) is 0 Å². The standard InChI is InChI=1S/C40H79N3O.ClH/c1-3-5-7-9-11-13-15-17-19-21-23-25-27-29-31-33-39(44)38(41)37-43-36-35-42-40(43)34-32-30-28-26-24-22-20-18-16-14-12-10-8-6-4-2;/h38H,3-37,41H2,1-2H3;1H. The van der Waals surface area contributed by atoms with Crippen LogP contribution in [0.1, 0.15) is 219 Å². The number of Topliss-reactive ketones (excluding diaryl/α,β-unsaturated/α-hetero) is 1. The second-order valence-corrected chi connectivity index (χ2v) is 14.2. The second kappa shape index (κ2) is 34.7. The second-order valence-electron chi connectivity index (χ2n) is 14.2. The van der Waals surface area contributed by atoms with Gasteiger partial charge in [-0.2, -0.15) is 0 Å². The summed E-state index contributed by atoms with van der Waals surface area (Å²) < 4.78 is 0. The SMILES string of the molecule is CCCCCCCCCCCCCCCCCC(=O)C(N)CN1CCN=C1CCCCCCCCCCCCCCCCC.Cl. The Labute approximate surface area is 288 Å². The molecule has 2 N–H and O–H groups in total. The minimum atomic E-state index is -0.356. The van der Waals surface area contributed by atoms with E-state index in [2.05, 4.69) is 18.7 Å². The summed E-state index contributed by atoms with van der Waals surface area (Å²) in [7, 11) is 0. The number of hydrogen-bond acceptors (Lipinski definition) is 4. The minimum Gasteiger partial charge on any atom is -0.356 e. The number of carbonyl (C=O) groups excluding carboxylic acids is 1. The summed E-state index contributed by atoms with van der Waals surface area (Å²) >= 11 is 0. The monoisotopic (exact) mass is 654 g/mol. The molecule has 0 saturated heterocycles. The van der Waals surface area contributed by atoms with Gasteiger partial charge in [-0.1, -0.05) is 194 Å². The first-order chi connectivity index (χ1) is 21.7. The minimum absolute atomic E-state index is 0. The molecule has 0 radical (unpaired) electrons. The van der Waals surface area contributed by atoms with Crippen LogP contribution in [0.25, 0.3) is 0 Å². The molecule has 1 heterocycles. The molecule has 0 aromatic carbocycles. The first-order valence-corrected chi connectivity index (χ1v) is 20.3. The Morgan fingerprint density at radius 2 is 0.911 bits per heavy atom. The Kier molecular flexibility index (Phi) is 34.2. The average Bonchev–Trinajstić information content (AvgIpc) is 3.47. The number of unbranched alkanes of at least 4 members (excludes halogenated alkanes) is 28. The lowest BCUT2D eigenvalue weighted by atomic mass is 10.0. The summed E-state index contributed by atoms with van der Waals surface area (Å²) in [5, 5.41) is 0. The van der Waals surface area contributed by atoms with E-state index >= 15 is 0 Å². The van der Waals surface area contributed by atoms with E-state index in [0.717, 1.165) is 25.9 Å². The molecule has 5 heteroatoms. The maximum atomic E-state index is 12.7. The van der Waals surface area contributed by atoms with Crippen molar-refractivity contribution in [2.45, 2.75) is 225 Å². The van der Waals surface area contributed by atoms with Gasteiger partial charge in [0.2, 0.25) is 0 Å². The number of halogens is 1. The molecule has 1 unspecified atom stereocenters. The number of rotatable bonds is 35. The molecule has 1 rings (SSSR count). The first kappa shape index (κ1) is 44.4. The van der Waals surface area contributed by atoms with Crippen LogP contribution in [0.4, 0.5) is 0 Å². The number of hydrogen-bond donors (Lipinski definition) is 1. The number of amidine groups is 1. The van der Waals surface area contributed by atoms with E-state index in [1.165, 1.54) is 192 Å². The van der Waals surface area contributed by atoms with Gasteiger partial charge in [-0.05, 0) is 12.8 Å². The summed E-state index contributed by atoms with van der Waals surface area (Å²) in [4.78, 5) is 19.7. The highest BCUT2D eigenvalue weighted by Gasteiger charge is 2.22. The lowest BCUT2D eigenvalue weighted by Crippen LogP contribution is -2.44. The normalized spacial score (nSPS) is 13.7. The van der Waals surface area contributed by atoms with Gasteiger partial charge in [-0.3, -0.25) is 9.79 Å². The van der Waals surface area contributed by atoms with Crippen LogP contribution in [0.3, 0.4) is 0 Å². The van der Waals surface area contributed by atoms with E-state index in [0.29, 0.717) is 13.0 Å². The van der Waals surface area contributed by atoms with Crippen LogP contribution in [0, 0.1) is 0 Å². The van der Waals surface area contributed by atoms with Crippen LogP contribution in [0.5, 0.6) is 0 Å². The third kappa shape index (κ3) is 28.1. The molecular weight excluding hydrogens is 574 g/mol. The van der Waals surface area contributed by atoms with Gasteiger partial charge in [-0.15, -0.1) is 12.4 Å². The van der Waals surface area contributed by atoms with Gasteiger partial charge < -0.3 is 10.6 Å². The fourth-order valence-corrected chi connectivity index (χ4v) is 6.81. The quantitative estimate of drug-likeness (QED) is 0.0692. The highest BCUT2D eigenvalue weighted by Crippen LogP contribution is 2.17. The van der Waals surface area contributed by atoms with Crippen molar-refractivity contribution in [3.8, 4) is 0 Å². The Morgan fingerprint density at radius 1 is 0.578 bits per heavy atom. The molecule has 0 amide bonds. The van der Waals surface area contributed by atoms with Crippen molar-refractivity contribution >= 4 is 24.0 Å². The van der Waals surface area contributed by atoms with Crippen molar-refractivity contribution in [1.29, 1.82) is 0 Å². The summed E-state index contributed by atoms with van der Waals surface area (Å²) in [6, 6.07) is -0.356. The van der Waals surface area contributed by atoms with E-state index in [1.54, 1.807) is 0 Å². The molecular formula is C40H80ClN3O. The van der Waals surface area contributed by atoms with Crippen LogP contribution in [-0.2, 0) is 4.79 Å². The predicted octanol–water partition coefficient (Wildman–Crippen LogP) is 12.5. The van der Waals surface area contributed by atoms with Crippen LogP contribution >= 0.6 is 12.4 Å². The van der Waals surface area contributed by atoms with Gasteiger partial charge in [0.15, 0.2) is 5.78 Å². The van der Waals surface area contributed by atoms with Crippen molar-refractivity contribution < 1.29 is 4.79 Å². The zero-order chi connectivity index (χ0) is 31.8. The third-order valence-corrected chi connectivity index (χ3v) is 9.89. The molecule has 1 atom stereocenters. The molecule has 0 aliphatic carbocycles. The van der Waals surface area contributed by atoms with Crippen LogP contribution in [-0.4, -0.2) is 42.2 Å². The first-order valence-electron chi connectivity index (χ1n) is 20.3. The lowest BCUT2D eigenvalue weighted by Gasteiger charge is -2.23. The lowest BCUT2D eigenvalue weighted by molar-refractivity contribution is -0.120. The summed E-state index contributed by atoms with van der Waals surface area (Å²) in [5.41, 5.74) is 6.36. The Bertz CT molecular complexity index is 655. The van der Waals surface area contributed by atoms with Crippen molar-refractivity contribution in [2.75, 3.05) is 19.6 Å². The van der Waals surface area contributed by atoms with Gasteiger partial charge in [0.05, 0.1) is 18.4 Å². The molecule has 0 fully saturated rings. The van der Waals surface area contributed by atoms with E-state index < -0.39 is 0 Å². The van der Waals surface area contributed by atoms with Crippen molar-refractivity contribution in [3.63, 3.8) is 0 Å². The van der Waals surface area contributed by atoms with Crippen LogP contribution in [0.15, 0.2) is 4.99 Å². The number of carbonyl (C=O) groups is 1. The van der Waals surface area contributed by atoms with Crippen molar-refractivity contribution in [2.24, 2.45) is 10.7 Å². The van der Waals surface area contributed by atoms with Gasteiger partial charge in [-0.25, -0.2) is 0 Å². The summed E-state index contributed by atoms with van der Waals surface area (Å²) in [6.07, 6.45) is 42.9. The highest BCUT2D eigenvalue weighted by molar-refractivity contribution is 5.87. The van der Waals surface area contributed by atoms with E-state index in [4.69, 9.17) is 10.7 Å². The topological polar surface area (TPSA) is 58.7 Å². The molecule has 1 aliphatic rings. The van der Waals surface area contributed by atoms with E-state index in [9.17, 15) is 4.79 Å². The Hall–Kier alpha value is -0.610. The summed E-state index contributed by atoms with van der Waals surface area (Å²) in [5.74, 6) is 1.45. The van der Waals surface area contributed by atoms with Gasteiger partial charge in [0.25, 0.3) is 0 Å². The third-order valence-electron chi connectivity index (χ3n) is 9.89. The number of nitrogens with zero attached hydrogens (tertiary/aromatic N) is 2. The Morgan fingerprint density at radius 3 is 1.29 bits per heavy atom. The van der Waals surface area contributed by atoms with E-state index in [1.807, 2.05) is 0 Å². The largest absolute Gasteiger partial charge is 0.356 e. The number of nitrogens with two attached hydrogens (primary N) is 1. The van der Waals surface area contributed by atoms with Crippen molar-refractivity contribution in [3.05, 3.63) is 0 Å². The molecule has 0 aromatic heterocycles. The molecule has 268 valence electrons. The zero-order valence-corrected chi connectivity index (χ0v) is 31.4. The zero-order valence-electron chi connectivity index (χ0n) is 30.6. The predicted molar refractivity (Wildman–Crippen MR) is 203 cm³/mol. The van der Waals surface area contributed by atoms with Crippen LogP contribution < -0.4 is 5.73 Å². The number of aliphatic imine (C=N–C) groups is 1. The molecule has 0 aromatic rings. The number of ketones is 1. The summed E-state index contributed by atoms with van der Waals surface area (Å²) in [6.45, 7) is 7.05. The van der Waals surface area contributed by atoms with Gasteiger partial charge >= 0.3 is 0 Å². The molecule has 4 nitrogen and oxygen atoms in total. The van der Waals surface area contributed by atoms with Crippen LogP contribution in [0.2, 0.25) is 0 Å². The Balaban J connectivity index is 0.0000194. The fraction of sp³-hybridized carbons (Fsp3) is 0.950. The molecule has 0 spiro atoms. The molecule has 1 aliphatic heterocycles. The highest BCUT2D eigenvalue weighted by atomic mass is 35.5.